The summed E-state index contributed by atoms with van der Waals surface area (Å²) in [5, 5.41) is 22.1. The SMILES string of the molecule is CC(NP(=O)(OC[C@@H]1C[C@@H](O)[C@H](n2cnc3c(N)nc(F)nc32)O1)Oc1ccccc1)C(=O)O. The predicted octanol–water partition coefficient (Wildman–Crippen LogP) is 1.46. The number of ether oxygens (including phenoxy) is 1. The summed E-state index contributed by atoms with van der Waals surface area (Å²) in [7, 11) is -4.15. The van der Waals surface area contributed by atoms with Crippen molar-refractivity contribution in [2.24, 2.45) is 0 Å². The first-order valence-electron chi connectivity index (χ1n) is 10.1. The Kier molecular flexibility index (Phi) is 6.77. The Labute approximate surface area is 192 Å². The molecule has 3 aromatic rings. The molecule has 13 nitrogen and oxygen atoms in total. The van der Waals surface area contributed by atoms with E-state index in [4.69, 9.17) is 19.5 Å². The minimum atomic E-state index is -4.15. The maximum absolute atomic E-state index is 13.6. The van der Waals surface area contributed by atoms with Crippen molar-refractivity contribution in [3.63, 3.8) is 0 Å². The summed E-state index contributed by atoms with van der Waals surface area (Å²) in [6.45, 7) is 0.977. The molecule has 182 valence electrons. The normalized spacial score (nSPS) is 23.0. The predicted molar refractivity (Wildman–Crippen MR) is 115 cm³/mol. The maximum Gasteiger partial charge on any atom is 0.459 e. The average molecular weight is 496 g/mol. The van der Waals surface area contributed by atoms with Crippen molar-refractivity contribution in [2.45, 2.75) is 37.8 Å². The molecule has 15 heteroatoms. The van der Waals surface area contributed by atoms with Crippen LogP contribution in [0.25, 0.3) is 11.2 Å². The van der Waals surface area contributed by atoms with Crippen LogP contribution in [0.1, 0.15) is 19.6 Å². The number of benzene rings is 1. The highest BCUT2D eigenvalue weighted by Gasteiger charge is 2.39. The highest BCUT2D eigenvalue weighted by molar-refractivity contribution is 7.52. The highest BCUT2D eigenvalue weighted by Crippen LogP contribution is 2.46. The number of rotatable bonds is 9. The summed E-state index contributed by atoms with van der Waals surface area (Å²) in [5.74, 6) is -1.22. The van der Waals surface area contributed by atoms with Crippen molar-refractivity contribution in [1.82, 2.24) is 24.6 Å². The summed E-state index contributed by atoms with van der Waals surface area (Å²) in [5.41, 5.74) is 5.84. The van der Waals surface area contributed by atoms with Gasteiger partial charge in [-0.05, 0) is 19.1 Å². The Morgan fingerprint density at radius 1 is 1.41 bits per heavy atom. The second-order valence-electron chi connectivity index (χ2n) is 7.54. The van der Waals surface area contributed by atoms with Crippen LogP contribution in [-0.2, 0) is 18.6 Å². The van der Waals surface area contributed by atoms with Crippen LogP contribution >= 0.6 is 7.75 Å². The van der Waals surface area contributed by atoms with Crippen LogP contribution in [-0.4, -0.2) is 60.6 Å². The van der Waals surface area contributed by atoms with Crippen LogP contribution in [0.3, 0.4) is 0 Å². The second kappa shape index (κ2) is 9.60. The van der Waals surface area contributed by atoms with Gasteiger partial charge in [0, 0.05) is 6.42 Å². The van der Waals surface area contributed by atoms with Gasteiger partial charge >= 0.3 is 19.8 Å². The zero-order valence-corrected chi connectivity index (χ0v) is 18.7. The fraction of sp³-hybridized carbons (Fsp3) is 0.368. The van der Waals surface area contributed by atoms with Gasteiger partial charge in [-0.25, -0.2) is 9.55 Å². The van der Waals surface area contributed by atoms with E-state index < -0.39 is 44.3 Å². The van der Waals surface area contributed by atoms with Gasteiger partial charge in [-0.1, -0.05) is 18.2 Å². The third-order valence-corrected chi connectivity index (χ3v) is 6.63. The number of aromatic nitrogens is 4. The number of carboxylic acid groups (broad SMARTS) is 1. The number of nitrogen functional groups attached to an aromatic ring is 1. The van der Waals surface area contributed by atoms with Crippen molar-refractivity contribution in [2.75, 3.05) is 12.3 Å². The van der Waals surface area contributed by atoms with Crippen molar-refractivity contribution in [3.8, 4) is 5.75 Å². The number of nitrogens with two attached hydrogens (primary N) is 1. The summed E-state index contributed by atoms with van der Waals surface area (Å²) >= 11 is 0. The van der Waals surface area contributed by atoms with E-state index in [2.05, 4.69) is 20.0 Å². The number of halogens is 1. The third kappa shape index (κ3) is 5.16. The van der Waals surface area contributed by atoms with Gasteiger partial charge < -0.3 is 25.2 Å². The number of imidazole rings is 1. The Hall–Kier alpha value is -3.16. The lowest BCUT2D eigenvalue weighted by atomic mass is 10.2. The average Bonchev–Trinajstić information content (AvgIpc) is 3.36. The van der Waals surface area contributed by atoms with E-state index in [0.29, 0.717) is 0 Å². The van der Waals surface area contributed by atoms with Crippen molar-refractivity contribution < 1.29 is 37.7 Å². The van der Waals surface area contributed by atoms with E-state index in [1.54, 1.807) is 18.2 Å². The number of anilines is 1. The van der Waals surface area contributed by atoms with Gasteiger partial charge in [0.2, 0.25) is 0 Å². The lowest BCUT2D eigenvalue weighted by Gasteiger charge is -2.23. The molecule has 0 radical (unpaired) electrons. The number of hydrogen-bond acceptors (Lipinski definition) is 10. The zero-order chi connectivity index (χ0) is 24.5. The van der Waals surface area contributed by atoms with E-state index in [9.17, 15) is 24.0 Å². The molecule has 0 spiro atoms. The molecule has 0 saturated carbocycles. The smallest absolute Gasteiger partial charge is 0.459 e. The molecule has 5 atom stereocenters. The fourth-order valence-corrected chi connectivity index (χ4v) is 4.89. The van der Waals surface area contributed by atoms with Crippen LogP contribution in [0.4, 0.5) is 10.2 Å². The monoisotopic (exact) mass is 496 g/mol. The van der Waals surface area contributed by atoms with Crippen molar-refractivity contribution in [3.05, 3.63) is 42.7 Å². The number of fused-ring (bicyclic) bond motifs is 1. The molecule has 1 saturated heterocycles. The van der Waals surface area contributed by atoms with E-state index >= 15 is 0 Å². The number of aliphatic hydroxyl groups is 1. The Balaban J connectivity index is 1.48. The lowest BCUT2D eigenvalue weighted by Crippen LogP contribution is -2.34. The summed E-state index contributed by atoms with van der Waals surface area (Å²) in [4.78, 5) is 22.4. The minimum absolute atomic E-state index is 0.0330. The van der Waals surface area contributed by atoms with Crippen LogP contribution in [0.5, 0.6) is 5.75 Å². The number of nitrogens with zero attached hydrogens (tertiary/aromatic N) is 4. The number of aliphatic hydroxyl groups excluding tert-OH is 1. The first-order valence-corrected chi connectivity index (χ1v) is 11.7. The molecule has 4 rings (SSSR count). The molecule has 1 aliphatic rings. The molecule has 0 aliphatic carbocycles. The lowest BCUT2D eigenvalue weighted by molar-refractivity contribution is -0.138. The third-order valence-electron chi connectivity index (χ3n) is 4.98. The van der Waals surface area contributed by atoms with Crippen molar-refractivity contribution >= 4 is 30.7 Å². The standard InChI is InChI=1S/C19H22FN6O7P/c1-10(18(28)29)25-34(30,33-11-5-3-2-4-6-11)31-8-12-7-13(27)17(32-12)26-9-22-14-15(21)23-19(20)24-16(14)26/h2-6,9-10,12-13,17,27H,7-8H2,1H3,(H,25,30)(H,28,29)(H2,21,23,24)/t10?,12-,13+,17+,34?/m0/s1. The van der Waals surface area contributed by atoms with Gasteiger partial charge in [-0.2, -0.15) is 19.4 Å². The van der Waals surface area contributed by atoms with E-state index in [0.717, 1.165) is 0 Å². The molecule has 2 aromatic heterocycles. The van der Waals surface area contributed by atoms with Gasteiger partial charge in [0.15, 0.2) is 23.2 Å². The van der Waals surface area contributed by atoms with E-state index in [1.165, 1.54) is 30.0 Å². The molecular formula is C19H22FN6O7P. The number of aliphatic carboxylic acids is 1. The van der Waals surface area contributed by atoms with Gasteiger partial charge in [-0.15, -0.1) is 0 Å². The molecule has 1 fully saturated rings. The summed E-state index contributed by atoms with van der Waals surface area (Å²) < 4.78 is 45.0. The van der Waals surface area contributed by atoms with Crippen LogP contribution < -0.4 is 15.3 Å². The number of carbonyl (C=O) groups is 1. The minimum Gasteiger partial charge on any atom is -0.480 e. The molecule has 1 aromatic carbocycles. The summed E-state index contributed by atoms with van der Waals surface area (Å²) in [6.07, 6.45) is -2.55. The van der Waals surface area contributed by atoms with E-state index in [1.807, 2.05) is 0 Å². The number of hydrogen-bond donors (Lipinski definition) is 4. The van der Waals surface area contributed by atoms with Gasteiger partial charge in [0.05, 0.1) is 19.0 Å². The number of carboxylic acids is 1. The Bertz CT molecular complexity index is 1230. The van der Waals surface area contributed by atoms with Gasteiger partial charge in [-0.3, -0.25) is 13.9 Å². The maximum atomic E-state index is 13.6. The molecule has 1 aliphatic heterocycles. The fourth-order valence-electron chi connectivity index (χ4n) is 3.37. The molecule has 5 N–H and O–H groups in total. The molecule has 3 heterocycles. The molecule has 0 bridgehead atoms. The van der Waals surface area contributed by atoms with Gasteiger partial charge in [0.1, 0.15) is 17.9 Å². The zero-order valence-electron chi connectivity index (χ0n) is 17.8. The van der Waals surface area contributed by atoms with Crippen LogP contribution in [0, 0.1) is 6.08 Å². The molecule has 0 amide bonds. The van der Waals surface area contributed by atoms with Gasteiger partial charge in [0.25, 0.3) is 0 Å². The van der Waals surface area contributed by atoms with Crippen LogP contribution in [0.15, 0.2) is 36.7 Å². The number of para-hydroxylation sites is 1. The van der Waals surface area contributed by atoms with Crippen molar-refractivity contribution in [1.29, 1.82) is 0 Å². The quantitative estimate of drug-likeness (QED) is 0.247. The first kappa shape index (κ1) is 24.0. The molecular weight excluding hydrogens is 474 g/mol. The highest BCUT2D eigenvalue weighted by atomic mass is 31.2. The Morgan fingerprint density at radius 2 is 2.15 bits per heavy atom. The van der Waals surface area contributed by atoms with Crippen LogP contribution in [0.2, 0.25) is 0 Å². The summed E-state index contributed by atoms with van der Waals surface area (Å²) in [6, 6.07) is 6.85. The molecule has 2 unspecified atom stereocenters. The number of nitrogens with one attached hydrogen (secondary N) is 1. The Morgan fingerprint density at radius 3 is 2.85 bits per heavy atom. The topological polar surface area (TPSA) is 184 Å². The first-order chi connectivity index (χ1) is 16.1. The largest absolute Gasteiger partial charge is 0.480 e. The molecule has 34 heavy (non-hydrogen) atoms. The second-order valence-corrected chi connectivity index (χ2v) is 9.23. The van der Waals surface area contributed by atoms with E-state index in [-0.39, 0.29) is 35.8 Å².